The number of rotatable bonds is 4. The molecule has 7 nitrogen and oxygen atoms in total. The highest BCUT2D eigenvalue weighted by molar-refractivity contribution is 5.94. The van der Waals surface area contributed by atoms with Crippen molar-refractivity contribution in [3.63, 3.8) is 0 Å². The molecule has 7 heteroatoms. The van der Waals surface area contributed by atoms with Crippen LogP contribution in [0, 0.1) is 25.7 Å². The molecular formula is C19H24N4O3. The molecule has 3 rings (SSSR count). The molecule has 3 N–H and O–H groups in total. The summed E-state index contributed by atoms with van der Waals surface area (Å²) in [6, 6.07) is 7.82. The second-order valence-corrected chi connectivity index (χ2v) is 6.86. The zero-order valence-corrected chi connectivity index (χ0v) is 15.2. The minimum absolute atomic E-state index is 0.126. The first-order valence-corrected chi connectivity index (χ1v) is 8.69. The average Bonchev–Trinajstić information content (AvgIpc) is 3.27. The highest BCUT2D eigenvalue weighted by atomic mass is 16.3. The van der Waals surface area contributed by atoms with Crippen molar-refractivity contribution in [2.45, 2.75) is 13.8 Å². The third kappa shape index (κ3) is 3.35. The van der Waals surface area contributed by atoms with Crippen LogP contribution in [0.15, 0.2) is 24.3 Å². The summed E-state index contributed by atoms with van der Waals surface area (Å²) in [5.74, 6) is -1.00. The Morgan fingerprint density at radius 2 is 2.08 bits per heavy atom. The van der Waals surface area contributed by atoms with Crippen LogP contribution in [0.5, 0.6) is 0 Å². The molecule has 0 radical (unpaired) electrons. The Kier molecular flexibility index (Phi) is 5.08. The summed E-state index contributed by atoms with van der Waals surface area (Å²) in [6.45, 7) is 4.56. The van der Waals surface area contributed by atoms with E-state index in [0.717, 1.165) is 11.1 Å². The maximum Gasteiger partial charge on any atom is 0.271 e. The van der Waals surface area contributed by atoms with E-state index >= 15 is 0 Å². The molecular weight excluding hydrogens is 332 g/mol. The molecule has 1 aliphatic heterocycles. The number of H-pyrrole nitrogens is 1. The van der Waals surface area contributed by atoms with Gasteiger partial charge in [0.05, 0.1) is 11.6 Å². The van der Waals surface area contributed by atoms with E-state index in [2.05, 4.69) is 21.6 Å². The molecule has 0 aliphatic carbocycles. The lowest BCUT2D eigenvalue weighted by Crippen LogP contribution is -2.34. The zero-order chi connectivity index (χ0) is 18.8. The van der Waals surface area contributed by atoms with Crippen molar-refractivity contribution in [1.82, 2.24) is 20.4 Å². The number of aliphatic hydroxyl groups excluding tert-OH is 1. The lowest BCUT2D eigenvalue weighted by atomic mass is 9.96. The van der Waals surface area contributed by atoms with Crippen LogP contribution in [-0.2, 0) is 4.79 Å². The number of aryl methyl sites for hydroxylation is 2. The maximum absolute atomic E-state index is 12.8. The first-order chi connectivity index (χ1) is 12.4. The van der Waals surface area contributed by atoms with E-state index in [1.165, 1.54) is 5.56 Å². The molecule has 0 unspecified atom stereocenters. The fraction of sp³-hybridized carbons (Fsp3) is 0.421. The predicted octanol–water partition coefficient (Wildman–Crippen LogP) is 1.12. The van der Waals surface area contributed by atoms with Crippen molar-refractivity contribution in [1.29, 1.82) is 0 Å². The smallest absolute Gasteiger partial charge is 0.271 e. The molecule has 1 aromatic carbocycles. The molecule has 0 saturated carbocycles. The van der Waals surface area contributed by atoms with Crippen molar-refractivity contribution in [3.8, 4) is 11.3 Å². The monoisotopic (exact) mass is 356 g/mol. The maximum atomic E-state index is 12.8. The van der Waals surface area contributed by atoms with Crippen molar-refractivity contribution in [2.24, 2.45) is 11.8 Å². The molecule has 2 atom stereocenters. The summed E-state index contributed by atoms with van der Waals surface area (Å²) in [6.07, 6.45) is 0. The van der Waals surface area contributed by atoms with Gasteiger partial charge in [-0.3, -0.25) is 14.7 Å². The van der Waals surface area contributed by atoms with Crippen LogP contribution in [0.25, 0.3) is 11.3 Å². The van der Waals surface area contributed by atoms with Crippen LogP contribution in [-0.4, -0.2) is 58.8 Å². The molecule has 1 saturated heterocycles. The number of aromatic nitrogens is 2. The van der Waals surface area contributed by atoms with E-state index in [-0.39, 0.29) is 24.3 Å². The van der Waals surface area contributed by atoms with Gasteiger partial charge >= 0.3 is 0 Å². The molecule has 0 spiro atoms. The van der Waals surface area contributed by atoms with Crippen LogP contribution in [0.2, 0.25) is 0 Å². The van der Waals surface area contributed by atoms with Gasteiger partial charge in [0.1, 0.15) is 5.69 Å². The lowest BCUT2D eigenvalue weighted by molar-refractivity contribution is -0.125. The minimum Gasteiger partial charge on any atom is -0.396 e. The SMILES string of the molecule is CNC(=O)[C@@H]1CN(C(=O)c2cc(-c3ccc(C)cc3C)n[nH]2)C[C@H]1CO. The zero-order valence-electron chi connectivity index (χ0n) is 15.2. The van der Waals surface area contributed by atoms with Crippen LogP contribution >= 0.6 is 0 Å². The Morgan fingerprint density at radius 1 is 1.31 bits per heavy atom. The molecule has 2 aromatic rings. The number of carbonyl (C=O) groups is 2. The van der Waals surface area contributed by atoms with E-state index < -0.39 is 5.92 Å². The molecule has 2 heterocycles. The highest BCUT2D eigenvalue weighted by Crippen LogP contribution is 2.27. The second kappa shape index (κ2) is 7.29. The first kappa shape index (κ1) is 18.1. The highest BCUT2D eigenvalue weighted by Gasteiger charge is 2.39. The standard InChI is InChI=1S/C19H24N4O3/c1-11-4-5-14(12(2)6-11)16-7-17(22-21-16)19(26)23-8-13(10-24)15(9-23)18(25)20-3/h4-7,13,15,24H,8-10H2,1-3H3,(H,20,25)(H,21,22)/t13-,15+/m0/s1. The summed E-state index contributed by atoms with van der Waals surface area (Å²) in [7, 11) is 1.56. The number of likely N-dealkylation sites (tertiary alicyclic amines) is 1. The number of nitrogens with zero attached hydrogens (tertiary/aromatic N) is 2. The predicted molar refractivity (Wildman–Crippen MR) is 97.5 cm³/mol. The Balaban J connectivity index is 1.79. The van der Waals surface area contributed by atoms with Crippen molar-refractivity contribution >= 4 is 11.8 Å². The Hall–Kier alpha value is -2.67. The third-order valence-electron chi connectivity index (χ3n) is 5.01. The number of hydrogen-bond acceptors (Lipinski definition) is 4. The molecule has 138 valence electrons. The van der Waals surface area contributed by atoms with Gasteiger partial charge in [0.2, 0.25) is 5.91 Å². The van der Waals surface area contributed by atoms with Gasteiger partial charge in [-0.15, -0.1) is 0 Å². The average molecular weight is 356 g/mol. The number of benzene rings is 1. The summed E-state index contributed by atoms with van der Waals surface area (Å²) >= 11 is 0. The molecule has 1 fully saturated rings. The normalized spacial score (nSPS) is 19.6. The third-order valence-corrected chi connectivity index (χ3v) is 5.01. The van der Waals surface area contributed by atoms with Crippen molar-refractivity contribution in [3.05, 3.63) is 41.1 Å². The van der Waals surface area contributed by atoms with Crippen LogP contribution in [0.4, 0.5) is 0 Å². The largest absolute Gasteiger partial charge is 0.396 e. The van der Waals surface area contributed by atoms with Crippen molar-refractivity contribution in [2.75, 3.05) is 26.7 Å². The van der Waals surface area contributed by atoms with Crippen LogP contribution in [0.3, 0.4) is 0 Å². The number of aliphatic hydroxyl groups is 1. The van der Waals surface area contributed by atoms with Gasteiger partial charge in [0.15, 0.2) is 0 Å². The van der Waals surface area contributed by atoms with Gasteiger partial charge in [0, 0.05) is 38.2 Å². The topological polar surface area (TPSA) is 98.3 Å². The summed E-state index contributed by atoms with van der Waals surface area (Å²) in [4.78, 5) is 26.3. The number of amides is 2. The van der Waals surface area contributed by atoms with Gasteiger partial charge in [-0.1, -0.05) is 23.8 Å². The summed E-state index contributed by atoms with van der Waals surface area (Å²) in [5, 5.41) is 19.2. The summed E-state index contributed by atoms with van der Waals surface area (Å²) < 4.78 is 0. The van der Waals surface area contributed by atoms with Gasteiger partial charge in [0.25, 0.3) is 5.91 Å². The van der Waals surface area contributed by atoms with Crippen molar-refractivity contribution < 1.29 is 14.7 Å². The first-order valence-electron chi connectivity index (χ1n) is 8.69. The summed E-state index contributed by atoms with van der Waals surface area (Å²) in [5.41, 5.74) is 4.34. The Morgan fingerprint density at radius 3 is 2.73 bits per heavy atom. The Bertz CT molecular complexity index is 830. The number of carbonyl (C=O) groups excluding carboxylic acids is 2. The number of hydrogen-bond donors (Lipinski definition) is 3. The van der Waals surface area contributed by atoms with E-state index in [1.807, 2.05) is 26.0 Å². The molecule has 1 aliphatic rings. The van der Waals surface area contributed by atoms with Gasteiger partial charge in [-0.25, -0.2) is 0 Å². The second-order valence-electron chi connectivity index (χ2n) is 6.86. The van der Waals surface area contributed by atoms with E-state index in [9.17, 15) is 14.7 Å². The van der Waals surface area contributed by atoms with Gasteiger partial charge in [-0.05, 0) is 25.5 Å². The number of aromatic amines is 1. The quantitative estimate of drug-likeness (QED) is 0.764. The fourth-order valence-corrected chi connectivity index (χ4v) is 3.55. The molecule has 0 bridgehead atoms. The minimum atomic E-state index is -0.393. The molecule has 26 heavy (non-hydrogen) atoms. The lowest BCUT2D eigenvalue weighted by Gasteiger charge is -2.14. The number of nitrogens with one attached hydrogen (secondary N) is 2. The van der Waals surface area contributed by atoms with E-state index in [0.29, 0.717) is 24.5 Å². The Labute approximate surface area is 152 Å². The van der Waals surface area contributed by atoms with Gasteiger partial charge < -0.3 is 15.3 Å². The van der Waals surface area contributed by atoms with Crippen LogP contribution < -0.4 is 5.32 Å². The van der Waals surface area contributed by atoms with Crippen LogP contribution in [0.1, 0.15) is 21.6 Å². The molecule has 2 amide bonds. The van der Waals surface area contributed by atoms with E-state index in [4.69, 9.17) is 0 Å². The fourth-order valence-electron chi connectivity index (χ4n) is 3.55. The molecule has 1 aromatic heterocycles. The van der Waals surface area contributed by atoms with Gasteiger partial charge in [-0.2, -0.15) is 5.10 Å². The van der Waals surface area contributed by atoms with E-state index in [1.54, 1.807) is 18.0 Å².